The Balaban J connectivity index is 3.17. The minimum Gasteiger partial charge on any atom is -0.481 e. The third-order valence-electron chi connectivity index (χ3n) is 3.18. The topological polar surface area (TPSA) is 93.1 Å². The predicted molar refractivity (Wildman–Crippen MR) is 95.4 cm³/mol. The zero-order chi connectivity index (χ0) is 19.7. The van der Waals surface area contributed by atoms with E-state index in [0.29, 0.717) is 0 Å². The lowest BCUT2D eigenvalue weighted by molar-refractivity contribution is -0.153. The van der Waals surface area contributed by atoms with Gasteiger partial charge in [0, 0.05) is 6.54 Å². The van der Waals surface area contributed by atoms with E-state index in [2.05, 4.69) is 6.58 Å². The van der Waals surface area contributed by atoms with Gasteiger partial charge in [0.25, 0.3) is 0 Å². The van der Waals surface area contributed by atoms with Gasteiger partial charge in [-0.1, -0.05) is 43.0 Å². The number of carboxylic acids is 1. The Morgan fingerprint density at radius 1 is 1.23 bits per heavy atom. The molecule has 1 amide bonds. The van der Waals surface area contributed by atoms with Gasteiger partial charge in [-0.2, -0.15) is 0 Å². The summed E-state index contributed by atoms with van der Waals surface area (Å²) in [6, 6.07) is 7.60. The van der Waals surface area contributed by atoms with Crippen LogP contribution in [-0.2, 0) is 25.6 Å². The molecule has 1 aromatic rings. The Bertz CT molecular complexity index is 635. The largest absolute Gasteiger partial charge is 0.481 e. The Hall–Kier alpha value is -2.83. The number of carbonyl (C=O) groups is 3. The first-order valence-corrected chi connectivity index (χ1v) is 8.17. The maximum Gasteiger partial charge on any atom is 0.411 e. The molecule has 0 heterocycles. The van der Waals surface area contributed by atoms with Crippen LogP contribution in [-0.4, -0.2) is 46.3 Å². The van der Waals surface area contributed by atoms with Crippen LogP contribution < -0.4 is 0 Å². The van der Waals surface area contributed by atoms with E-state index in [1.807, 2.05) is 6.07 Å². The average molecular weight is 363 g/mol. The molecule has 0 fully saturated rings. The Kier molecular flexibility index (Phi) is 7.83. The van der Waals surface area contributed by atoms with Crippen LogP contribution in [0.2, 0.25) is 0 Å². The Morgan fingerprint density at radius 2 is 1.85 bits per heavy atom. The molecule has 142 valence electrons. The number of carboxylic acid groups (broad SMARTS) is 1. The van der Waals surface area contributed by atoms with Crippen LogP contribution in [0.3, 0.4) is 0 Å². The highest BCUT2D eigenvalue weighted by Crippen LogP contribution is 2.18. The van der Waals surface area contributed by atoms with Crippen LogP contribution in [0.5, 0.6) is 0 Å². The van der Waals surface area contributed by atoms with Crippen molar-refractivity contribution in [2.45, 2.75) is 45.4 Å². The summed E-state index contributed by atoms with van der Waals surface area (Å²) in [5.74, 6) is -2.05. The summed E-state index contributed by atoms with van der Waals surface area (Å²) in [4.78, 5) is 37.3. The number of hydrogen-bond acceptors (Lipinski definition) is 5. The first kappa shape index (κ1) is 21.2. The molecule has 0 aliphatic heterocycles. The lowest BCUT2D eigenvalue weighted by atomic mass is 10.1. The molecular weight excluding hydrogens is 338 g/mol. The number of benzene rings is 1. The third kappa shape index (κ3) is 7.38. The van der Waals surface area contributed by atoms with Crippen LogP contribution in [0.4, 0.5) is 4.79 Å². The molecule has 1 aromatic carbocycles. The van der Waals surface area contributed by atoms with E-state index in [1.54, 1.807) is 45.0 Å². The van der Waals surface area contributed by atoms with E-state index < -0.39 is 36.1 Å². The number of nitrogens with zero attached hydrogens (tertiary/aromatic N) is 1. The van der Waals surface area contributed by atoms with Gasteiger partial charge in [-0.15, -0.1) is 0 Å². The quantitative estimate of drug-likeness (QED) is 0.564. The summed E-state index contributed by atoms with van der Waals surface area (Å²) in [7, 11) is 0. The van der Waals surface area contributed by atoms with E-state index in [-0.39, 0.29) is 13.2 Å². The number of esters is 1. The molecule has 0 unspecified atom stereocenters. The minimum atomic E-state index is -1.32. The summed E-state index contributed by atoms with van der Waals surface area (Å²) in [5, 5.41) is 9.18. The Morgan fingerprint density at radius 3 is 2.35 bits per heavy atom. The predicted octanol–water partition coefficient (Wildman–Crippen LogP) is 3.00. The molecule has 0 bridgehead atoms. The fourth-order valence-corrected chi connectivity index (χ4v) is 2.13. The number of carbonyl (C=O) groups excluding carboxylic acids is 2. The second kappa shape index (κ2) is 9.60. The lowest BCUT2D eigenvalue weighted by Gasteiger charge is -2.31. The van der Waals surface area contributed by atoms with Crippen LogP contribution in [0.25, 0.3) is 0 Å². The van der Waals surface area contributed by atoms with Crippen molar-refractivity contribution in [3.8, 4) is 0 Å². The second-order valence-corrected chi connectivity index (χ2v) is 6.63. The van der Waals surface area contributed by atoms with Crippen molar-refractivity contribution in [1.29, 1.82) is 0 Å². The molecule has 0 aliphatic carbocycles. The maximum atomic E-state index is 12.6. The highest BCUT2D eigenvalue weighted by molar-refractivity contribution is 5.86. The summed E-state index contributed by atoms with van der Waals surface area (Å²) < 4.78 is 10.3. The van der Waals surface area contributed by atoms with E-state index >= 15 is 0 Å². The van der Waals surface area contributed by atoms with Crippen molar-refractivity contribution in [3.63, 3.8) is 0 Å². The third-order valence-corrected chi connectivity index (χ3v) is 3.18. The molecule has 1 atom stereocenters. The summed E-state index contributed by atoms with van der Waals surface area (Å²) in [6.07, 6.45) is -0.0181. The van der Waals surface area contributed by atoms with Gasteiger partial charge < -0.3 is 14.6 Å². The average Bonchev–Trinajstić information content (AvgIpc) is 2.54. The zero-order valence-electron chi connectivity index (χ0n) is 15.3. The van der Waals surface area contributed by atoms with Gasteiger partial charge in [-0.3, -0.25) is 9.69 Å². The lowest BCUT2D eigenvalue weighted by Crippen LogP contribution is -2.48. The fourth-order valence-electron chi connectivity index (χ4n) is 2.13. The van der Waals surface area contributed by atoms with E-state index in [4.69, 9.17) is 9.47 Å². The fraction of sp³-hybridized carbons (Fsp3) is 0.421. The minimum absolute atomic E-state index is 0.0108. The van der Waals surface area contributed by atoms with E-state index in [1.165, 1.54) is 6.08 Å². The maximum absolute atomic E-state index is 12.6. The molecule has 0 spiro atoms. The first-order valence-electron chi connectivity index (χ1n) is 8.17. The molecule has 1 rings (SSSR count). The van der Waals surface area contributed by atoms with Crippen LogP contribution in [0.1, 0.15) is 32.8 Å². The summed E-state index contributed by atoms with van der Waals surface area (Å²) in [5.41, 5.74) is -0.0737. The van der Waals surface area contributed by atoms with Crippen molar-refractivity contribution in [3.05, 3.63) is 48.6 Å². The van der Waals surface area contributed by atoms with Crippen molar-refractivity contribution >= 4 is 18.0 Å². The second-order valence-electron chi connectivity index (χ2n) is 6.63. The monoisotopic (exact) mass is 363 g/mol. The van der Waals surface area contributed by atoms with Crippen LogP contribution in [0.15, 0.2) is 43.0 Å². The Labute approximate surface area is 153 Å². The molecule has 0 aliphatic rings. The molecule has 26 heavy (non-hydrogen) atoms. The molecule has 1 N–H and O–H groups in total. The molecule has 7 heteroatoms. The van der Waals surface area contributed by atoms with E-state index in [0.717, 1.165) is 10.5 Å². The van der Waals surface area contributed by atoms with Crippen molar-refractivity contribution in [2.24, 2.45) is 0 Å². The zero-order valence-corrected chi connectivity index (χ0v) is 15.3. The molecule has 0 saturated carbocycles. The summed E-state index contributed by atoms with van der Waals surface area (Å²) >= 11 is 0. The van der Waals surface area contributed by atoms with Gasteiger partial charge in [0.15, 0.2) is 0 Å². The van der Waals surface area contributed by atoms with Gasteiger partial charge in [0.05, 0.1) is 6.42 Å². The molecule has 0 saturated heterocycles. The standard InChI is InChI=1S/C19H25NO6/c1-5-11-25-17(23)15(12-16(21)22)20(18(24)26-19(2,3)4)13-14-9-7-6-8-10-14/h5-10,15H,1,11-13H2,2-4H3,(H,21,22)/t15-/m0/s1. The molecule has 0 radical (unpaired) electrons. The van der Waals surface area contributed by atoms with Crippen LogP contribution >= 0.6 is 0 Å². The van der Waals surface area contributed by atoms with Gasteiger partial charge in [0.1, 0.15) is 18.2 Å². The molecular formula is C19H25NO6. The highest BCUT2D eigenvalue weighted by atomic mass is 16.6. The van der Waals surface area contributed by atoms with Crippen molar-refractivity contribution in [2.75, 3.05) is 6.61 Å². The van der Waals surface area contributed by atoms with Gasteiger partial charge >= 0.3 is 18.0 Å². The van der Waals surface area contributed by atoms with Gasteiger partial charge in [0.2, 0.25) is 0 Å². The summed E-state index contributed by atoms with van der Waals surface area (Å²) in [6.45, 7) is 8.45. The number of rotatable bonds is 8. The SMILES string of the molecule is C=CCOC(=O)[C@H](CC(=O)O)N(Cc1ccccc1)C(=O)OC(C)(C)C. The first-order chi connectivity index (χ1) is 12.1. The molecule has 7 nitrogen and oxygen atoms in total. The van der Waals surface area contributed by atoms with Crippen LogP contribution in [0, 0.1) is 0 Å². The van der Waals surface area contributed by atoms with Gasteiger partial charge in [-0.25, -0.2) is 9.59 Å². The van der Waals surface area contributed by atoms with Gasteiger partial charge in [-0.05, 0) is 26.3 Å². The number of aliphatic carboxylic acids is 1. The normalized spacial score (nSPS) is 12.0. The number of ether oxygens (including phenoxy) is 2. The molecule has 0 aromatic heterocycles. The number of hydrogen-bond donors (Lipinski definition) is 1. The smallest absolute Gasteiger partial charge is 0.411 e. The van der Waals surface area contributed by atoms with Crippen molar-refractivity contribution < 1.29 is 29.0 Å². The van der Waals surface area contributed by atoms with Crippen molar-refractivity contribution in [1.82, 2.24) is 4.90 Å². The highest BCUT2D eigenvalue weighted by Gasteiger charge is 2.35. The number of amides is 1. The van der Waals surface area contributed by atoms with E-state index in [9.17, 15) is 19.5 Å².